The van der Waals surface area contributed by atoms with Crippen LogP contribution in [-0.4, -0.2) is 26.3 Å². The highest BCUT2D eigenvalue weighted by Gasteiger charge is 2.11. The van der Waals surface area contributed by atoms with Crippen LogP contribution in [0.15, 0.2) is 24.5 Å². The van der Waals surface area contributed by atoms with Crippen LogP contribution in [0.1, 0.15) is 17.7 Å². The maximum atomic E-state index is 4.58. The van der Waals surface area contributed by atoms with Crippen LogP contribution in [-0.2, 0) is 13.5 Å². The Hall–Kier alpha value is -1.95. The first kappa shape index (κ1) is 13.1. The van der Waals surface area contributed by atoms with Gasteiger partial charge in [-0.05, 0) is 37.5 Å². The van der Waals surface area contributed by atoms with E-state index in [4.69, 9.17) is 0 Å². The second-order valence-corrected chi connectivity index (χ2v) is 5.77. The molecule has 6 heteroatoms. The van der Waals surface area contributed by atoms with Crippen LogP contribution < -0.4 is 5.32 Å². The minimum absolute atomic E-state index is 0.925. The summed E-state index contributed by atoms with van der Waals surface area (Å²) in [7, 11) is 1.93. The van der Waals surface area contributed by atoms with E-state index < -0.39 is 0 Å². The average Bonchev–Trinajstić information content (AvgIpc) is 2.98. The van der Waals surface area contributed by atoms with Crippen molar-refractivity contribution in [3.8, 4) is 0 Å². The molecule has 0 aliphatic rings. The van der Waals surface area contributed by atoms with Gasteiger partial charge in [-0.1, -0.05) is 11.3 Å². The zero-order valence-corrected chi connectivity index (χ0v) is 12.4. The van der Waals surface area contributed by atoms with Gasteiger partial charge in [0.1, 0.15) is 0 Å². The van der Waals surface area contributed by atoms with E-state index in [2.05, 4.69) is 32.5 Å². The van der Waals surface area contributed by atoms with Crippen molar-refractivity contribution >= 4 is 26.8 Å². The third-order valence-corrected chi connectivity index (χ3v) is 4.32. The molecule has 0 radical (unpaired) electrons. The summed E-state index contributed by atoms with van der Waals surface area (Å²) in [5.74, 6) is 0. The molecule has 0 saturated carbocycles. The highest BCUT2D eigenvalue weighted by atomic mass is 32.1. The highest BCUT2D eigenvalue weighted by molar-refractivity contribution is 7.22. The smallest absolute Gasteiger partial charge is 0.185 e. The molecule has 0 aliphatic heterocycles. The monoisotopic (exact) mass is 287 g/mol. The number of thiazole rings is 1. The zero-order valence-electron chi connectivity index (χ0n) is 11.6. The maximum absolute atomic E-state index is 4.58. The fourth-order valence-electron chi connectivity index (χ4n) is 2.20. The van der Waals surface area contributed by atoms with Crippen molar-refractivity contribution in [2.45, 2.75) is 19.8 Å². The molecule has 0 amide bonds. The van der Waals surface area contributed by atoms with Crippen LogP contribution in [0.3, 0.4) is 0 Å². The van der Waals surface area contributed by atoms with E-state index in [1.165, 1.54) is 10.3 Å². The molecule has 0 atom stereocenters. The van der Waals surface area contributed by atoms with Crippen molar-refractivity contribution < 1.29 is 0 Å². The Kier molecular flexibility index (Phi) is 3.64. The average molecular weight is 287 g/mol. The topological polar surface area (TPSA) is 55.6 Å². The molecule has 1 N–H and O–H groups in total. The molecule has 0 bridgehead atoms. The van der Waals surface area contributed by atoms with Gasteiger partial charge in [-0.15, -0.1) is 0 Å². The van der Waals surface area contributed by atoms with Gasteiger partial charge in [-0.2, -0.15) is 5.10 Å². The second-order valence-electron chi connectivity index (χ2n) is 4.77. The van der Waals surface area contributed by atoms with Gasteiger partial charge in [0, 0.05) is 26.0 Å². The number of aryl methyl sites for hydroxylation is 3. The molecular formula is C14H17N5S. The Balaban J connectivity index is 1.56. The van der Waals surface area contributed by atoms with E-state index in [-0.39, 0.29) is 0 Å². The predicted octanol–water partition coefficient (Wildman–Crippen LogP) is 2.78. The van der Waals surface area contributed by atoms with Crippen molar-refractivity contribution in [1.82, 2.24) is 19.7 Å². The van der Waals surface area contributed by atoms with E-state index in [0.717, 1.165) is 35.9 Å². The molecule has 20 heavy (non-hydrogen) atoms. The molecule has 0 fully saturated rings. The van der Waals surface area contributed by atoms with Gasteiger partial charge < -0.3 is 5.32 Å². The lowest BCUT2D eigenvalue weighted by Gasteiger charge is -2.02. The van der Waals surface area contributed by atoms with Gasteiger partial charge in [0.25, 0.3) is 0 Å². The Labute approximate surface area is 121 Å². The molecule has 5 nitrogen and oxygen atoms in total. The summed E-state index contributed by atoms with van der Waals surface area (Å²) in [6, 6.07) is 4.12. The molecule has 0 saturated heterocycles. The van der Waals surface area contributed by atoms with Gasteiger partial charge >= 0.3 is 0 Å². The second kappa shape index (κ2) is 5.58. The van der Waals surface area contributed by atoms with Gasteiger partial charge in [-0.25, -0.2) is 9.67 Å². The Bertz CT molecular complexity index is 667. The van der Waals surface area contributed by atoms with Crippen molar-refractivity contribution in [1.29, 1.82) is 0 Å². The summed E-state index contributed by atoms with van der Waals surface area (Å²) < 4.78 is 3.01. The van der Waals surface area contributed by atoms with E-state index in [1.807, 2.05) is 31.0 Å². The first-order chi connectivity index (χ1) is 9.74. The molecule has 3 rings (SSSR count). The molecule has 0 aromatic carbocycles. The zero-order chi connectivity index (χ0) is 13.9. The largest absolute Gasteiger partial charge is 0.361 e. The lowest BCUT2D eigenvalue weighted by molar-refractivity contribution is 0.774. The van der Waals surface area contributed by atoms with Crippen molar-refractivity contribution in [3.63, 3.8) is 0 Å². The third kappa shape index (κ3) is 2.65. The number of hydrogen-bond acceptors (Lipinski definition) is 5. The fraction of sp³-hybridized carbons (Fsp3) is 0.357. The van der Waals surface area contributed by atoms with Gasteiger partial charge in [0.15, 0.2) is 10.8 Å². The van der Waals surface area contributed by atoms with Crippen LogP contribution in [0, 0.1) is 6.92 Å². The normalized spacial score (nSPS) is 11.1. The number of anilines is 1. The van der Waals surface area contributed by atoms with Gasteiger partial charge in [0.2, 0.25) is 0 Å². The van der Waals surface area contributed by atoms with Crippen molar-refractivity contribution in [2.75, 3.05) is 11.9 Å². The molecule has 0 aliphatic carbocycles. The van der Waals surface area contributed by atoms with Crippen LogP contribution >= 0.6 is 11.3 Å². The fourth-order valence-corrected chi connectivity index (χ4v) is 3.16. The lowest BCUT2D eigenvalue weighted by Crippen LogP contribution is -2.03. The Morgan fingerprint density at radius 1 is 1.30 bits per heavy atom. The number of pyridine rings is 1. The van der Waals surface area contributed by atoms with Gasteiger partial charge in [0.05, 0.1) is 10.4 Å². The number of rotatable bonds is 5. The predicted molar refractivity (Wildman–Crippen MR) is 82.2 cm³/mol. The molecule has 0 spiro atoms. The molecule has 104 valence electrons. The standard InChI is InChI=1S/C14H17N5S/c1-10-12-13(19(2)18-10)17-14(20-12)16-7-3-4-11-5-8-15-9-6-11/h5-6,8-9H,3-4,7H2,1-2H3,(H,16,17). The number of nitrogens with one attached hydrogen (secondary N) is 1. The highest BCUT2D eigenvalue weighted by Crippen LogP contribution is 2.27. The molecule has 0 unspecified atom stereocenters. The molecule has 3 aromatic heterocycles. The van der Waals surface area contributed by atoms with E-state index >= 15 is 0 Å². The first-order valence-electron chi connectivity index (χ1n) is 6.67. The summed E-state index contributed by atoms with van der Waals surface area (Å²) in [4.78, 5) is 8.60. The number of aromatic nitrogens is 4. The van der Waals surface area contributed by atoms with E-state index in [9.17, 15) is 0 Å². The third-order valence-electron chi connectivity index (χ3n) is 3.21. The molecular weight excluding hydrogens is 270 g/mol. The summed E-state index contributed by atoms with van der Waals surface area (Å²) >= 11 is 1.68. The van der Waals surface area contributed by atoms with Crippen LogP contribution in [0.25, 0.3) is 10.3 Å². The Morgan fingerprint density at radius 3 is 2.85 bits per heavy atom. The van der Waals surface area contributed by atoms with Crippen molar-refractivity contribution in [3.05, 3.63) is 35.8 Å². The van der Waals surface area contributed by atoms with Crippen LogP contribution in [0.2, 0.25) is 0 Å². The van der Waals surface area contributed by atoms with Crippen molar-refractivity contribution in [2.24, 2.45) is 7.05 Å². The molecule has 3 aromatic rings. The van der Waals surface area contributed by atoms with Crippen LogP contribution in [0.5, 0.6) is 0 Å². The lowest BCUT2D eigenvalue weighted by atomic mass is 10.1. The Morgan fingerprint density at radius 2 is 2.10 bits per heavy atom. The van der Waals surface area contributed by atoms with E-state index in [0.29, 0.717) is 0 Å². The quantitative estimate of drug-likeness (QED) is 0.733. The van der Waals surface area contributed by atoms with Crippen LogP contribution in [0.4, 0.5) is 5.13 Å². The number of nitrogens with zero attached hydrogens (tertiary/aromatic N) is 4. The molecule has 3 heterocycles. The minimum Gasteiger partial charge on any atom is -0.361 e. The summed E-state index contributed by atoms with van der Waals surface area (Å²) in [5.41, 5.74) is 3.33. The SMILES string of the molecule is Cc1nn(C)c2nc(NCCCc3ccncc3)sc12. The van der Waals surface area contributed by atoms with Gasteiger partial charge in [-0.3, -0.25) is 4.98 Å². The summed E-state index contributed by atoms with van der Waals surface area (Å²) in [6.07, 6.45) is 5.82. The maximum Gasteiger partial charge on any atom is 0.185 e. The minimum atomic E-state index is 0.925. The number of hydrogen-bond donors (Lipinski definition) is 1. The summed E-state index contributed by atoms with van der Waals surface area (Å²) in [5, 5.41) is 8.73. The van der Waals surface area contributed by atoms with E-state index in [1.54, 1.807) is 11.3 Å². The first-order valence-corrected chi connectivity index (χ1v) is 7.48. The summed E-state index contributed by atoms with van der Waals surface area (Å²) in [6.45, 7) is 2.95. The number of fused-ring (bicyclic) bond motifs is 1.